The molecule has 0 radical (unpaired) electrons. The SMILES string of the molecule is CC(C)(C)[C@H](NC(=O)C(F)(F)F)C(=O)N1C[C@H]2[C@@H]([C@H]1C(=O)NC(C#N)c1cncc3ncccc13)C2(C)C. The van der Waals surface area contributed by atoms with Crippen LogP contribution in [-0.4, -0.2) is 57.4 Å². The molecule has 2 aromatic heterocycles. The Morgan fingerprint density at radius 3 is 2.47 bits per heavy atom. The number of nitrogens with one attached hydrogen (secondary N) is 2. The molecular formula is C26H29F3N6O3. The summed E-state index contributed by atoms with van der Waals surface area (Å²) in [6, 6.07) is 1.86. The van der Waals surface area contributed by atoms with Gasteiger partial charge in [-0.05, 0) is 28.7 Å². The topological polar surface area (TPSA) is 128 Å². The van der Waals surface area contributed by atoms with Crippen molar-refractivity contribution < 1.29 is 27.6 Å². The summed E-state index contributed by atoms with van der Waals surface area (Å²) in [7, 11) is 0. The number of pyridine rings is 2. The van der Waals surface area contributed by atoms with E-state index in [9.17, 15) is 32.8 Å². The van der Waals surface area contributed by atoms with E-state index >= 15 is 0 Å². The van der Waals surface area contributed by atoms with Gasteiger partial charge in [-0.1, -0.05) is 40.7 Å². The molecule has 38 heavy (non-hydrogen) atoms. The molecule has 2 aliphatic rings. The van der Waals surface area contributed by atoms with Gasteiger partial charge in [-0.25, -0.2) is 0 Å². The first-order valence-electron chi connectivity index (χ1n) is 12.2. The predicted molar refractivity (Wildman–Crippen MR) is 130 cm³/mol. The van der Waals surface area contributed by atoms with Gasteiger partial charge in [0.1, 0.15) is 18.1 Å². The number of halogens is 3. The molecule has 4 rings (SSSR count). The first kappa shape index (κ1) is 27.3. The van der Waals surface area contributed by atoms with Crippen molar-refractivity contribution in [1.82, 2.24) is 25.5 Å². The maximum Gasteiger partial charge on any atom is 0.471 e. The van der Waals surface area contributed by atoms with Crippen LogP contribution in [0, 0.1) is 34.0 Å². The molecule has 3 heterocycles. The van der Waals surface area contributed by atoms with Crippen molar-refractivity contribution in [3.05, 3.63) is 36.3 Å². The number of hydrogen-bond donors (Lipinski definition) is 2. The fourth-order valence-electron chi connectivity index (χ4n) is 5.50. The first-order valence-corrected chi connectivity index (χ1v) is 12.2. The van der Waals surface area contributed by atoms with Gasteiger partial charge in [0.05, 0.1) is 17.8 Å². The van der Waals surface area contributed by atoms with E-state index in [1.165, 1.54) is 38.1 Å². The molecule has 5 atom stereocenters. The third kappa shape index (κ3) is 4.77. The Kier molecular flexibility index (Phi) is 6.62. The van der Waals surface area contributed by atoms with Crippen LogP contribution in [0.5, 0.6) is 0 Å². The maximum atomic E-state index is 13.7. The van der Waals surface area contributed by atoms with Gasteiger partial charge in [0.25, 0.3) is 0 Å². The number of alkyl halides is 3. The lowest BCUT2D eigenvalue weighted by molar-refractivity contribution is -0.176. The monoisotopic (exact) mass is 530 g/mol. The number of amides is 3. The highest BCUT2D eigenvalue weighted by molar-refractivity contribution is 5.95. The molecule has 0 spiro atoms. The van der Waals surface area contributed by atoms with Crippen molar-refractivity contribution in [2.75, 3.05) is 6.54 Å². The molecule has 1 saturated heterocycles. The van der Waals surface area contributed by atoms with Gasteiger partial charge in [0.2, 0.25) is 11.8 Å². The number of likely N-dealkylation sites (tertiary alicyclic amines) is 1. The summed E-state index contributed by atoms with van der Waals surface area (Å²) in [5.41, 5.74) is -0.385. The minimum absolute atomic E-state index is 0.0508. The third-order valence-corrected chi connectivity index (χ3v) is 7.69. The highest BCUT2D eigenvalue weighted by Crippen LogP contribution is 2.65. The van der Waals surface area contributed by atoms with Crippen molar-refractivity contribution in [2.24, 2.45) is 22.7 Å². The van der Waals surface area contributed by atoms with Crippen molar-refractivity contribution in [1.29, 1.82) is 5.26 Å². The summed E-state index contributed by atoms with van der Waals surface area (Å²) < 4.78 is 39.1. The largest absolute Gasteiger partial charge is 0.471 e. The van der Waals surface area contributed by atoms with E-state index in [4.69, 9.17) is 0 Å². The molecule has 2 N–H and O–H groups in total. The predicted octanol–water partition coefficient (Wildman–Crippen LogP) is 2.89. The van der Waals surface area contributed by atoms with Crippen LogP contribution in [0.2, 0.25) is 0 Å². The molecule has 0 aromatic carbocycles. The highest BCUT2D eigenvalue weighted by Gasteiger charge is 2.70. The summed E-state index contributed by atoms with van der Waals surface area (Å²) in [6.45, 7) is 8.68. The number of nitriles is 1. The maximum absolute atomic E-state index is 13.7. The molecule has 12 heteroatoms. The molecule has 202 valence electrons. The van der Waals surface area contributed by atoms with Crippen LogP contribution in [0.15, 0.2) is 30.7 Å². The number of aromatic nitrogens is 2. The lowest BCUT2D eigenvalue weighted by Gasteiger charge is -2.37. The Hall–Kier alpha value is -3.75. The minimum Gasteiger partial charge on any atom is -0.336 e. The summed E-state index contributed by atoms with van der Waals surface area (Å²) in [6.07, 6.45) is -0.598. The normalized spacial score (nSPS) is 23.7. The van der Waals surface area contributed by atoms with Gasteiger partial charge in [-0.3, -0.25) is 24.4 Å². The molecule has 1 unspecified atom stereocenters. The number of carbonyl (C=O) groups is 3. The summed E-state index contributed by atoms with van der Waals surface area (Å²) in [4.78, 5) is 48.6. The standard InChI is InChI=1S/C26H29F3N6O3/c1-24(2,3)20(34-23(38)26(27,28)29)22(37)35-12-15-18(25(15,4)5)19(35)21(36)33-16(9-30)14-10-31-11-17-13(14)7-6-8-32-17/h6-8,10-11,15-16,18-20H,12H2,1-5H3,(H,33,36)(H,34,38)/t15-,16?,18-,19-,20+/m0/s1. The van der Waals surface area contributed by atoms with Crippen molar-refractivity contribution >= 4 is 28.6 Å². The zero-order chi connectivity index (χ0) is 28.2. The number of nitrogens with zero attached hydrogens (tertiary/aromatic N) is 4. The zero-order valence-corrected chi connectivity index (χ0v) is 21.6. The van der Waals surface area contributed by atoms with Gasteiger partial charge < -0.3 is 15.5 Å². The van der Waals surface area contributed by atoms with Gasteiger partial charge >= 0.3 is 12.1 Å². The quantitative estimate of drug-likeness (QED) is 0.612. The molecule has 1 aliphatic carbocycles. The Bertz CT molecular complexity index is 1320. The van der Waals surface area contributed by atoms with Gasteiger partial charge in [-0.15, -0.1) is 0 Å². The van der Waals surface area contributed by atoms with E-state index < -0.39 is 47.4 Å². The highest BCUT2D eigenvalue weighted by atomic mass is 19.4. The van der Waals surface area contributed by atoms with E-state index in [0.717, 1.165) is 0 Å². The third-order valence-electron chi connectivity index (χ3n) is 7.69. The number of hydrogen-bond acceptors (Lipinski definition) is 6. The Morgan fingerprint density at radius 2 is 1.87 bits per heavy atom. The molecule has 2 aromatic rings. The van der Waals surface area contributed by atoms with Gasteiger partial charge in [-0.2, -0.15) is 18.4 Å². The van der Waals surface area contributed by atoms with Crippen LogP contribution < -0.4 is 10.6 Å². The average Bonchev–Trinajstić information content (AvgIpc) is 3.16. The van der Waals surface area contributed by atoms with Crippen molar-refractivity contribution in [3.63, 3.8) is 0 Å². The van der Waals surface area contributed by atoms with E-state index in [0.29, 0.717) is 16.5 Å². The van der Waals surface area contributed by atoms with Crippen LogP contribution in [0.4, 0.5) is 13.2 Å². The van der Waals surface area contributed by atoms with Crippen molar-refractivity contribution in [2.45, 2.75) is 58.9 Å². The van der Waals surface area contributed by atoms with E-state index in [1.54, 1.807) is 18.3 Å². The minimum atomic E-state index is -5.17. The second-order valence-electron chi connectivity index (χ2n) is 11.5. The number of fused-ring (bicyclic) bond motifs is 2. The summed E-state index contributed by atoms with van der Waals surface area (Å²) in [5.74, 6) is -3.90. The fourth-order valence-corrected chi connectivity index (χ4v) is 5.50. The van der Waals surface area contributed by atoms with Crippen molar-refractivity contribution in [3.8, 4) is 6.07 Å². The molecule has 0 bridgehead atoms. The second-order valence-corrected chi connectivity index (χ2v) is 11.5. The average molecular weight is 531 g/mol. The lowest BCUT2D eigenvalue weighted by atomic mass is 9.85. The molecule has 2 fully saturated rings. The molecule has 3 amide bonds. The Labute approximate surface area is 217 Å². The van der Waals surface area contributed by atoms with E-state index in [2.05, 4.69) is 21.4 Å². The first-order chi connectivity index (χ1) is 17.6. The van der Waals surface area contributed by atoms with Crippen LogP contribution in [0.3, 0.4) is 0 Å². The molecule has 1 aliphatic heterocycles. The smallest absolute Gasteiger partial charge is 0.336 e. The van der Waals surface area contributed by atoms with Crippen LogP contribution in [0.25, 0.3) is 10.9 Å². The van der Waals surface area contributed by atoms with Crippen LogP contribution in [0.1, 0.15) is 46.2 Å². The lowest BCUT2D eigenvalue weighted by Crippen LogP contribution is -2.60. The number of rotatable bonds is 5. The van der Waals surface area contributed by atoms with Gasteiger partial charge in [0.15, 0.2) is 0 Å². The number of piperidine rings is 1. The molecule has 1 saturated carbocycles. The molecular weight excluding hydrogens is 501 g/mol. The van der Waals surface area contributed by atoms with E-state index in [1.807, 2.05) is 19.2 Å². The Morgan fingerprint density at radius 1 is 1.18 bits per heavy atom. The van der Waals surface area contributed by atoms with Crippen LogP contribution in [-0.2, 0) is 14.4 Å². The van der Waals surface area contributed by atoms with E-state index in [-0.39, 0.29) is 23.8 Å². The van der Waals surface area contributed by atoms with Gasteiger partial charge in [0, 0.05) is 29.9 Å². The fraction of sp³-hybridized carbons (Fsp3) is 0.538. The molecule has 9 nitrogen and oxygen atoms in total. The van der Waals surface area contributed by atoms with Crippen LogP contribution >= 0.6 is 0 Å². The summed E-state index contributed by atoms with van der Waals surface area (Å²) in [5, 5.41) is 15.1. The zero-order valence-electron chi connectivity index (χ0n) is 21.6. The second kappa shape index (κ2) is 9.22. The summed E-state index contributed by atoms with van der Waals surface area (Å²) >= 11 is 0. The number of carbonyl (C=O) groups excluding carboxylic acids is 3. The Balaban J connectivity index is 1.63.